The zero-order chi connectivity index (χ0) is 10.9. The van der Waals surface area contributed by atoms with E-state index in [1.807, 2.05) is 18.4 Å². The van der Waals surface area contributed by atoms with Crippen LogP contribution in [-0.2, 0) is 17.9 Å². The first-order chi connectivity index (χ1) is 7.36. The largest absolute Gasteiger partial charge is 0.376 e. The molecular weight excluding hydrogens is 206 g/mol. The first-order valence-electron chi connectivity index (χ1n) is 5.66. The van der Waals surface area contributed by atoms with Crippen molar-refractivity contribution in [2.75, 3.05) is 13.7 Å². The zero-order valence-corrected chi connectivity index (χ0v) is 10.5. The summed E-state index contributed by atoms with van der Waals surface area (Å²) in [6.07, 6.45) is 3.72. The van der Waals surface area contributed by atoms with E-state index in [4.69, 9.17) is 4.74 Å². The molecule has 1 aromatic rings. The van der Waals surface area contributed by atoms with Crippen LogP contribution in [0.25, 0.3) is 0 Å². The van der Waals surface area contributed by atoms with Crippen molar-refractivity contribution >= 4 is 11.3 Å². The smallest absolute Gasteiger partial charge is 0.0809 e. The molecule has 0 fully saturated rings. The molecule has 0 saturated carbocycles. The van der Waals surface area contributed by atoms with Gasteiger partial charge in [-0.1, -0.05) is 19.8 Å². The Morgan fingerprint density at radius 2 is 2.07 bits per heavy atom. The summed E-state index contributed by atoms with van der Waals surface area (Å²) in [5.74, 6) is 0. The molecule has 15 heavy (non-hydrogen) atoms. The van der Waals surface area contributed by atoms with Gasteiger partial charge in [0.15, 0.2) is 0 Å². The number of rotatable bonds is 8. The van der Waals surface area contributed by atoms with E-state index < -0.39 is 0 Å². The van der Waals surface area contributed by atoms with Gasteiger partial charge in [0.1, 0.15) is 0 Å². The van der Waals surface area contributed by atoms with Crippen LogP contribution in [0.2, 0.25) is 0 Å². The van der Waals surface area contributed by atoms with Crippen molar-refractivity contribution in [2.24, 2.45) is 0 Å². The third-order valence-electron chi connectivity index (χ3n) is 2.20. The molecule has 1 N–H and O–H groups in total. The van der Waals surface area contributed by atoms with Crippen molar-refractivity contribution in [3.8, 4) is 0 Å². The molecule has 0 unspecified atom stereocenters. The van der Waals surface area contributed by atoms with Crippen LogP contribution in [0.3, 0.4) is 0 Å². The van der Waals surface area contributed by atoms with Gasteiger partial charge in [0.25, 0.3) is 0 Å². The van der Waals surface area contributed by atoms with E-state index in [9.17, 15) is 0 Å². The number of hydrogen-bond donors (Lipinski definition) is 1. The Morgan fingerprint density at radius 1 is 1.27 bits per heavy atom. The van der Waals surface area contributed by atoms with Crippen LogP contribution in [0.4, 0.5) is 0 Å². The lowest BCUT2D eigenvalue weighted by atomic mass is 10.3. The van der Waals surface area contributed by atoms with Crippen molar-refractivity contribution < 1.29 is 4.74 Å². The van der Waals surface area contributed by atoms with Crippen molar-refractivity contribution in [3.05, 3.63) is 21.9 Å². The maximum absolute atomic E-state index is 5.60. The minimum atomic E-state index is 0.776. The number of unbranched alkanes of at least 4 members (excludes halogenated alkanes) is 2. The van der Waals surface area contributed by atoms with Crippen LogP contribution < -0.4 is 5.32 Å². The molecule has 0 aliphatic carbocycles. The Balaban J connectivity index is 2.14. The van der Waals surface area contributed by atoms with Crippen LogP contribution in [0, 0.1) is 0 Å². The second kappa shape index (κ2) is 7.85. The van der Waals surface area contributed by atoms with Crippen LogP contribution in [0.1, 0.15) is 35.9 Å². The molecule has 1 rings (SSSR count). The van der Waals surface area contributed by atoms with Crippen LogP contribution in [-0.4, -0.2) is 13.7 Å². The van der Waals surface area contributed by atoms with Crippen molar-refractivity contribution in [3.63, 3.8) is 0 Å². The van der Waals surface area contributed by atoms with E-state index in [0.29, 0.717) is 0 Å². The molecule has 0 radical (unpaired) electrons. The average Bonchev–Trinajstić information content (AvgIpc) is 2.66. The normalized spacial score (nSPS) is 10.8. The molecule has 0 saturated heterocycles. The van der Waals surface area contributed by atoms with E-state index in [1.165, 1.54) is 29.0 Å². The van der Waals surface area contributed by atoms with Crippen LogP contribution in [0.5, 0.6) is 0 Å². The van der Waals surface area contributed by atoms with Crippen molar-refractivity contribution in [2.45, 2.75) is 39.3 Å². The van der Waals surface area contributed by atoms with Gasteiger partial charge in [-0.25, -0.2) is 0 Å². The third-order valence-corrected chi connectivity index (χ3v) is 3.26. The molecule has 0 bridgehead atoms. The molecule has 1 aromatic heterocycles. The van der Waals surface area contributed by atoms with Gasteiger partial charge in [0.05, 0.1) is 6.61 Å². The summed E-state index contributed by atoms with van der Waals surface area (Å²) < 4.78 is 5.60. The Labute approximate surface area is 96.7 Å². The summed E-state index contributed by atoms with van der Waals surface area (Å²) in [7, 11) is 1.97. The molecule has 0 atom stereocenters. The number of ether oxygens (including phenoxy) is 1. The molecule has 86 valence electrons. The fourth-order valence-electron chi connectivity index (χ4n) is 1.40. The second-order valence-corrected chi connectivity index (χ2v) is 4.91. The zero-order valence-electron chi connectivity index (χ0n) is 9.71. The summed E-state index contributed by atoms with van der Waals surface area (Å²) >= 11 is 1.83. The van der Waals surface area contributed by atoms with Gasteiger partial charge in [-0.15, -0.1) is 11.3 Å². The van der Waals surface area contributed by atoms with E-state index in [1.54, 1.807) is 0 Å². The minimum Gasteiger partial charge on any atom is -0.376 e. The summed E-state index contributed by atoms with van der Waals surface area (Å²) in [5, 5.41) is 3.15. The van der Waals surface area contributed by atoms with Crippen LogP contribution in [0.15, 0.2) is 12.1 Å². The maximum atomic E-state index is 5.60. The van der Waals surface area contributed by atoms with Gasteiger partial charge in [-0.05, 0) is 25.6 Å². The first-order valence-corrected chi connectivity index (χ1v) is 6.48. The maximum Gasteiger partial charge on any atom is 0.0809 e. The van der Waals surface area contributed by atoms with Crippen molar-refractivity contribution in [1.82, 2.24) is 5.32 Å². The summed E-state index contributed by atoms with van der Waals surface area (Å²) in [5.41, 5.74) is 0. The molecule has 0 amide bonds. The molecule has 0 aliphatic rings. The lowest BCUT2D eigenvalue weighted by Gasteiger charge is -2.01. The fourth-order valence-corrected chi connectivity index (χ4v) is 2.36. The SMILES string of the molecule is CCCCCOCc1ccc(CNC)s1. The highest BCUT2D eigenvalue weighted by Crippen LogP contribution is 2.17. The summed E-state index contributed by atoms with van der Waals surface area (Å²) in [6, 6.07) is 4.34. The highest BCUT2D eigenvalue weighted by atomic mass is 32.1. The molecule has 0 aliphatic heterocycles. The predicted molar refractivity (Wildman–Crippen MR) is 66.3 cm³/mol. The Kier molecular flexibility index (Phi) is 6.64. The van der Waals surface area contributed by atoms with Gasteiger partial charge < -0.3 is 10.1 Å². The third kappa shape index (κ3) is 5.30. The Morgan fingerprint density at radius 3 is 2.80 bits per heavy atom. The van der Waals surface area contributed by atoms with Gasteiger partial charge in [-0.2, -0.15) is 0 Å². The second-order valence-electron chi connectivity index (χ2n) is 3.66. The molecular formula is C12H21NOS. The van der Waals surface area contributed by atoms with Crippen LogP contribution >= 0.6 is 11.3 Å². The quantitative estimate of drug-likeness (QED) is 0.689. The highest BCUT2D eigenvalue weighted by molar-refractivity contribution is 7.11. The van der Waals surface area contributed by atoms with Crippen molar-refractivity contribution in [1.29, 1.82) is 0 Å². The lowest BCUT2D eigenvalue weighted by Crippen LogP contribution is -2.02. The van der Waals surface area contributed by atoms with E-state index >= 15 is 0 Å². The molecule has 0 spiro atoms. The van der Waals surface area contributed by atoms with Gasteiger partial charge in [0, 0.05) is 22.9 Å². The summed E-state index contributed by atoms with van der Waals surface area (Å²) in [4.78, 5) is 2.71. The molecule has 0 aromatic carbocycles. The number of nitrogens with one attached hydrogen (secondary N) is 1. The van der Waals surface area contributed by atoms with E-state index in [2.05, 4.69) is 24.4 Å². The topological polar surface area (TPSA) is 21.3 Å². The van der Waals surface area contributed by atoms with Gasteiger partial charge >= 0.3 is 0 Å². The highest BCUT2D eigenvalue weighted by Gasteiger charge is 1.99. The Hall–Kier alpha value is -0.380. The fraction of sp³-hybridized carbons (Fsp3) is 0.667. The minimum absolute atomic E-state index is 0.776. The molecule has 3 heteroatoms. The van der Waals surface area contributed by atoms with Gasteiger partial charge in [0.2, 0.25) is 0 Å². The first kappa shape index (κ1) is 12.7. The number of thiophene rings is 1. The van der Waals surface area contributed by atoms with E-state index in [0.717, 1.165) is 19.8 Å². The molecule has 2 nitrogen and oxygen atoms in total. The number of hydrogen-bond acceptors (Lipinski definition) is 3. The standard InChI is InChI=1S/C12H21NOS/c1-3-4-5-8-14-10-12-7-6-11(15-12)9-13-2/h6-7,13H,3-5,8-10H2,1-2H3. The predicted octanol–water partition coefficient (Wildman–Crippen LogP) is 3.17. The van der Waals surface area contributed by atoms with Gasteiger partial charge in [-0.3, -0.25) is 0 Å². The summed E-state index contributed by atoms with van der Waals surface area (Å²) in [6.45, 7) is 4.84. The Bertz CT molecular complexity index is 260. The van der Waals surface area contributed by atoms with E-state index in [-0.39, 0.29) is 0 Å². The average molecular weight is 227 g/mol. The lowest BCUT2D eigenvalue weighted by molar-refractivity contribution is 0.119. The monoisotopic (exact) mass is 227 g/mol. The molecule has 1 heterocycles.